The van der Waals surface area contributed by atoms with Crippen LogP contribution in [0.4, 0.5) is 0 Å². The average Bonchev–Trinajstić information content (AvgIpc) is 2.84. The van der Waals surface area contributed by atoms with Gasteiger partial charge in [-0.2, -0.15) is 0 Å². The van der Waals surface area contributed by atoms with Crippen LogP contribution in [0.2, 0.25) is 0 Å². The minimum atomic E-state index is 0.315. The number of methoxy groups -OCH3 is 1. The van der Waals surface area contributed by atoms with Gasteiger partial charge in [-0.05, 0) is 36.3 Å². The summed E-state index contributed by atoms with van der Waals surface area (Å²) in [5.41, 5.74) is 4.58. The molecule has 1 unspecified atom stereocenters. The number of nitrogens with one attached hydrogen (secondary N) is 1. The number of ether oxygens (including phenoxy) is 1. The third-order valence-electron chi connectivity index (χ3n) is 4.40. The Bertz CT molecular complexity index is 386. The summed E-state index contributed by atoms with van der Waals surface area (Å²) in [5.74, 6) is 6.74. The first kappa shape index (κ1) is 13.4. The highest BCUT2D eigenvalue weighted by atomic mass is 16.5. The topological polar surface area (TPSA) is 47.3 Å². The van der Waals surface area contributed by atoms with Gasteiger partial charge >= 0.3 is 0 Å². The van der Waals surface area contributed by atoms with Gasteiger partial charge < -0.3 is 4.74 Å². The van der Waals surface area contributed by atoms with E-state index in [0.29, 0.717) is 11.5 Å². The van der Waals surface area contributed by atoms with Crippen molar-refractivity contribution in [2.24, 2.45) is 11.3 Å². The maximum atomic E-state index is 5.79. The Kier molecular flexibility index (Phi) is 4.25. The normalized spacial score (nSPS) is 19.7. The molecule has 0 aromatic heterocycles. The standard InChI is InChI=1S/C15H24N2O/c1-15(9-5-6-10-15)14(17-16)11-12-7-3-4-8-13(12)18-2/h3-4,7-8,14,17H,5-6,9-11,16H2,1-2H3. The van der Waals surface area contributed by atoms with E-state index in [1.165, 1.54) is 31.2 Å². The summed E-state index contributed by atoms with van der Waals surface area (Å²) >= 11 is 0. The fourth-order valence-corrected chi connectivity index (χ4v) is 3.13. The zero-order chi connectivity index (χ0) is 13.0. The molecule has 1 atom stereocenters. The number of benzene rings is 1. The lowest BCUT2D eigenvalue weighted by atomic mass is 9.78. The van der Waals surface area contributed by atoms with Gasteiger partial charge in [0.05, 0.1) is 7.11 Å². The van der Waals surface area contributed by atoms with Crippen molar-refractivity contribution in [1.29, 1.82) is 0 Å². The lowest BCUT2D eigenvalue weighted by molar-refractivity contribution is 0.219. The van der Waals surface area contributed by atoms with Gasteiger partial charge in [0, 0.05) is 6.04 Å². The highest BCUT2D eigenvalue weighted by Gasteiger charge is 2.36. The van der Waals surface area contributed by atoms with E-state index < -0.39 is 0 Å². The summed E-state index contributed by atoms with van der Waals surface area (Å²) in [6, 6.07) is 8.52. The summed E-state index contributed by atoms with van der Waals surface area (Å²) in [6.07, 6.45) is 6.09. The fraction of sp³-hybridized carbons (Fsp3) is 0.600. The van der Waals surface area contributed by atoms with Crippen molar-refractivity contribution >= 4 is 0 Å². The quantitative estimate of drug-likeness (QED) is 0.622. The van der Waals surface area contributed by atoms with Gasteiger partial charge in [0.2, 0.25) is 0 Å². The second kappa shape index (κ2) is 5.72. The van der Waals surface area contributed by atoms with Gasteiger partial charge in [-0.1, -0.05) is 38.0 Å². The Hall–Kier alpha value is -1.06. The van der Waals surface area contributed by atoms with Crippen LogP contribution >= 0.6 is 0 Å². The molecule has 0 amide bonds. The monoisotopic (exact) mass is 248 g/mol. The lowest BCUT2D eigenvalue weighted by Crippen LogP contribution is -2.47. The van der Waals surface area contributed by atoms with E-state index in [4.69, 9.17) is 10.6 Å². The summed E-state index contributed by atoms with van der Waals surface area (Å²) in [4.78, 5) is 0. The van der Waals surface area contributed by atoms with Crippen molar-refractivity contribution in [3.8, 4) is 5.75 Å². The second-order valence-corrected chi connectivity index (χ2v) is 5.60. The third kappa shape index (κ3) is 2.68. The van der Waals surface area contributed by atoms with Gasteiger partial charge in [-0.25, -0.2) is 0 Å². The summed E-state index contributed by atoms with van der Waals surface area (Å²) in [6.45, 7) is 2.35. The molecule has 0 spiro atoms. The molecule has 3 nitrogen and oxygen atoms in total. The molecule has 0 aliphatic heterocycles. The first-order valence-corrected chi connectivity index (χ1v) is 6.77. The predicted molar refractivity (Wildman–Crippen MR) is 74.4 cm³/mol. The minimum Gasteiger partial charge on any atom is -0.496 e. The zero-order valence-electron chi connectivity index (χ0n) is 11.4. The van der Waals surface area contributed by atoms with Crippen LogP contribution in [-0.4, -0.2) is 13.2 Å². The van der Waals surface area contributed by atoms with Crippen LogP contribution in [0.3, 0.4) is 0 Å². The summed E-state index contributed by atoms with van der Waals surface area (Å²) in [5, 5.41) is 0. The minimum absolute atomic E-state index is 0.315. The molecule has 100 valence electrons. The molecule has 0 heterocycles. The maximum absolute atomic E-state index is 5.79. The van der Waals surface area contributed by atoms with E-state index in [1.54, 1.807) is 7.11 Å². The van der Waals surface area contributed by atoms with Gasteiger partial charge in [0.15, 0.2) is 0 Å². The molecule has 18 heavy (non-hydrogen) atoms. The highest BCUT2D eigenvalue weighted by molar-refractivity contribution is 5.34. The lowest BCUT2D eigenvalue weighted by Gasteiger charge is -2.34. The SMILES string of the molecule is COc1ccccc1CC(NN)C1(C)CCCC1. The van der Waals surface area contributed by atoms with Gasteiger partial charge in [0.25, 0.3) is 0 Å². The van der Waals surface area contributed by atoms with Gasteiger partial charge in [-0.15, -0.1) is 0 Å². The maximum Gasteiger partial charge on any atom is 0.122 e. The van der Waals surface area contributed by atoms with Crippen molar-refractivity contribution in [2.75, 3.05) is 7.11 Å². The van der Waals surface area contributed by atoms with Crippen LogP contribution in [0.25, 0.3) is 0 Å². The molecular formula is C15H24N2O. The summed E-state index contributed by atoms with van der Waals surface area (Å²) in [7, 11) is 1.72. The number of para-hydroxylation sites is 1. The van der Waals surface area contributed by atoms with E-state index in [-0.39, 0.29) is 0 Å². The van der Waals surface area contributed by atoms with Crippen molar-refractivity contribution in [1.82, 2.24) is 5.43 Å². The molecule has 1 saturated carbocycles. The molecule has 3 N–H and O–H groups in total. The third-order valence-corrected chi connectivity index (χ3v) is 4.40. The first-order valence-electron chi connectivity index (χ1n) is 6.77. The Morgan fingerprint density at radius 2 is 2.00 bits per heavy atom. The van der Waals surface area contributed by atoms with Crippen LogP contribution < -0.4 is 16.0 Å². The van der Waals surface area contributed by atoms with Crippen LogP contribution in [0.1, 0.15) is 38.2 Å². The van der Waals surface area contributed by atoms with Crippen LogP contribution in [-0.2, 0) is 6.42 Å². The molecule has 0 bridgehead atoms. The van der Waals surface area contributed by atoms with E-state index in [2.05, 4.69) is 24.5 Å². The number of hydrogen-bond donors (Lipinski definition) is 2. The molecule has 1 aliphatic carbocycles. The molecule has 2 rings (SSSR count). The second-order valence-electron chi connectivity index (χ2n) is 5.60. The Balaban J connectivity index is 2.15. The van der Waals surface area contributed by atoms with E-state index in [9.17, 15) is 0 Å². The number of rotatable bonds is 5. The van der Waals surface area contributed by atoms with Crippen LogP contribution in [0.15, 0.2) is 24.3 Å². The van der Waals surface area contributed by atoms with Gasteiger partial charge in [0.1, 0.15) is 5.75 Å². The Morgan fingerprint density at radius 1 is 1.33 bits per heavy atom. The van der Waals surface area contributed by atoms with Crippen LogP contribution in [0, 0.1) is 5.41 Å². The Labute approximate surface area is 110 Å². The molecule has 1 aliphatic rings. The molecule has 0 saturated heterocycles. The average molecular weight is 248 g/mol. The molecule has 1 aromatic carbocycles. The summed E-state index contributed by atoms with van der Waals surface area (Å²) < 4.78 is 5.42. The van der Waals surface area contributed by atoms with Crippen molar-refractivity contribution < 1.29 is 4.74 Å². The van der Waals surface area contributed by atoms with E-state index >= 15 is 0 Å². The van der Waals surface area contributed by atoms with E-state index in [0.717, 1.165) is 12.2 Å². The fourth-order valence-electron chi connectivity index (χ4n) is 3.13. The molecule has 3 heteroatoms. The molecule has 1 aromatic rings. The highest BCUT2D eigenvalue weighted by Crippen LogP contribution is 2.41. The molecular weight excluding hydrogens is 224 g/mol. The van der Waals surface area contributed by atoms with Crippen molar-refractivity contribution in [3.63, 3.8) is 0 Å². The largest absolute Gasteiger partial charge is 0.496 e. The zero-order valence-corrected chi connectivity index (χ0v) is 11.4. The number of hydrazine groups is 1. The van der Waals surface area contributed by atoms with E-state index in [1.807, 2.05) is 12.1 Å². The molecule has 0 radical (unpaired) electrons. The smallest absolute Gasteiger partial charge is 0.122 e. The number of hydrogen-bond acceptors (Lipinski definition) is 3. The van der Waals surface area contributed by atoms with Crippen molar-refractivity contribution in [3.05, 3.63) is 29.8 Å². The Morgan fingerprint density at radius 3 is 2.61 bits per heavy atom. The van der Waals surface area contributed by atoms with Crippen molar-refractivity contribution in [2.45, 2.75) is 45.1 Å². The molecule has 1 fully saturated rings. The van der Waals surface area contributed by atoms with Gasteiger partial charge in [-0.3, -0.25) is 11.3 Å². The van der Waals surface area contributed by atoms with Crippen LogP contribution in [0.5, 0.6) is 5.75 Å². The number of nitrogens with two attached hydrogens (primary N) is 1. The first-order chi connectivity index (χ1) is 8.69. The predicted octanol–water partition coefficient (Wildman–Crippen LogP) is 2.65.